The van der Waals surface area contributed by atoms with Gasteiger partial charge in [0.1, 0.15) is 5.82 Å². The summed E-state index contributed by atoms with van der Waals surface area (Å²) in [5, 5.41) is 12.8. The predicted octanol–water partition coefficient (Wildman–Crippen LogP) is 3.01. The van der Waals surface area contributed by atoms with Gasteiger partial charge in [-0.2, -0.15) is 0 Å². The van der Waals surface area contributed by atoms with E-state index in [1.165, 1.54) is 12.1 Å². The second-order valence-electron chi connectivity index (χ2n) is 4.89. The molecule has 0 radical (unpaired) electrons. The summed E-state index contributed by atoms with van der Waals surface area (Å²) in [6.07, 6.45) is 4.00. The average molecular weight is 330 g/mol. The Balaban J connectivity index is 2.09. The van der Waals surface area contributed by atoms with Crippen molar-refractivity contribution < 1.29 is 14.3 Å². The van der Waals surface area contributed by atoms with Crippen molar-refractivity contribution in [3.8, 4) is 0 Å². The molecule has 2 N–H and O–H groups in total. The summed E-state index contributed by atoms with van der Waals surface area (Å²) < 4.78 is 13.5. The number of nitrogens with one attached hydrogen (secondary N) is 1. The molecule has 104 valence electrons. The Morgan fingerprint density at radius 2 is 2.05 bits per heavy atom. The molecule has 1 aliphatic carbocycles. The van der Waals surface area contributed by atoms with Gasteiger partial charge in [-0.25, -0.2) is 4.39 Å². The van der Waals surface area contributed by atoms with Gasteiger partial charge in [-0.05, 0) is 40.9 Å². The zero-order chi connectivity index (χ0) is 13.8. The third-order valence-electron chi connectivity index (χ3n) is 3.49. The molecule has 1 aliphatic rings. The molecular formula is C14H17BrFNO2. The second kappa shape index (κ2) is 6.48. The molecule has 2 atom stereocenters. The fourth-order valence-corrected chi connectivity index (χ4v) is 2.83. The number of amides is 1. The third-order valence-corrected chi connectivity index (χ3v) is 4.30. The van der Waals surface area contributed by atoms with Crippen molar-refractivity contribution in [3.63, 3.8) is 0 Å². The van der Waals surface area contributed by atoms with Gasteiger partial charge in [0.2, 0.25) is 0 Å². The maximum absolute atomic E-state index is 13.4. The second-order valence-corrected chi connectivity index (χ2v) is 5.68. The molecule has 0 spiro atoms. The summed E-state index contributed by atoms with van der Waals surface area (Å²) in [4.78, 5) is 12.1. The van der Waals surface area contributed by atoms with Gasteiger partial charge in [-0.1, -0.05) is 25.3 Å². The summed E-state index contributed by atoms with van der Waals surface area (Å²) in [5.41, 5.74) is 0.261. The van der Waals surface area contributed by atoms with E-state index >= 15 is 0 Å². The normalized spacial score (nSPS) is 23.7. The van der Waals surface area contributed by atoms with E-state index in [0.717, 1.165) is 25.7 Å². The van der Waals surface area contributed by atoms with E-state index in [9.17, 15) is 14.3 Å². The van der Waals surface area contributed by atoms with Crippen LogP contribution in [0, 0.1) is 5.82 Å². The van der Waals surface area contributed by atoms with Crippen LogP contribution in [0.5, 0.6) is 0 Å². The lowest BCUT2D eigenvalue weighted by molar-refractivity contribution is 0.0817. The Labute approximate surface area is 120 Å². The molecule has 1 fully saturated rings. The van der Waals surface area contributed by atoms with E-state index in [2.05, 4.69) is 21.2 Å². The smallest absolute Gasteiger partial charge is 0.252 e. The van der Waals surface area contributed by atoms with Crippen molar-refractivity contribution in [1.29, 1.82) is 0 Å². The van der Waals surface area contributed by atoms with Gasteiger partial charge in [-0.15, -0.1) is 0 Å². The average Bonchev–Trinajstić information content (AvgIpc) is 2.58. The molecule has 1 amide bonds. The minimum atomic E-state index is -0.515. The monoisotopic (exact) mass is 329 g/mol. The highest BCUT2D eigenvalue weighted by atomic mass is 79.9. The third kappa shape index (κ3) is 3.54. The summed E-state index contributed by atoms with van der Waals surface area (Å²) in [6, 6.07) is 4.11. The van der Waals surface area contributed by atoms with Crippen molar-refractivity contribution in [2.45, 2.75) is 44.2 Å². The van der Waals surface area contributed by atoms with Gasteiger partial charge in [0.05, 0.1) is 22.2 Å². The lowest BCUT2D eigenvalue weighted by Crippen LogP contribution is -2.42. The molecule has 0 heterocycles. The Kier molecular flexibility index (Phi) is 4.93. The van der Waals surface area contributed by atoms with Crippen LogP contribution in [0.3, 0.4) is 0 Å². The number of aliphatic hydroxyl groups is 1. The van der Waals surface area contributed by atoms with Crippen LogP contribution in [0.4, 0.5) is 4.39 Å². The molecule has 0 aliphatic heterocycles. The standard InChI is InChI=1S/C14H17BrFNO2/c15-13-9(5-4-6-10(13)16)14(19)17-11-7-2-1-3-8-12(11)18/h4-6,11-12,18H,1-3,7-8H2,(H,17,19). The van der Waals surface area contributed by atoms with Gasteiger partial charge in [0.15, 0.2) is 0 Å². The molecule has 1 aromatic rings. The van der Waals surface area contributed by atoms with Crippen LogP contribution < -0.4 is 5.32 Å². The van der Waals surface area contributed by atoms with Crippen molar-refractivity contribution in [1.82, 2.24) is 5.32 Å². The summed E-state index contributed by atoms with van der Waals surface area (Å²) in [6.45, 7) is 0. The molecular weight excluding hydrogens is 313 g/mol. The SMILES string of the molecule is O=C(NC1CCCCCC1O)c1cccc(F)c1Br. The van der Waals surface area contributed by atoms with Gasteiger partial charge in [0.25, 0.3) is 5.91 Å². The van der Waals surface area contributed by atoms with Crippen LogP contribution in [-0.2, 0) is 0 Å². The molecule has 0 bridgehead atoms. The summed E-state index contributed by atoms with van der Waals surface area (Å²) >= 11 is 3.08. The number of carbonyl (C=O) groups is 1. The van der Waals surface area contributed by atoms with Crippen LogP contribution in [0.15, 0.2) is 22.7 Å². The van der Waals surface area contributed by atoms with Crippen LogP contribution in [-0.4, -0.2) is 23.2 Å². The van der Waals surface area contributed by atoms with E-state index in [-0.39, 0.29) is 22.0 Å². The van der Waals surface area contributed by atoms with E-state index in [0.29, 0.717) is 6.42 Å². The molecule has 3 nitrogen and oxygen atoms in total. The van der Waals surface area contributed by atoms with Crippen LogP contribution in [0.1, 0.15) is 42.5 Å². The van der Waals surface area contributed by atoms with E-state index in [1.54, 1.807) is 6.07 Å². The number of benzene rings is 1. The van der Waals surface area contributed by atoms with Gasteiger partial charge in [0, 0.05) is 0 Å². The van der Waals surface area contributed by atoms with Gasteiger partial charge < -0.3 is 10.4 Å². The van der Waals surface area contributed by atoms with Crippen molar-refractivity contribution in [2.75, 3.05) is 0 Å². The zero-order valence-corrected chi connectivity index (χ0v) is 12.1. The predicted molar refractivity (Wildman–Crippen MR) is 74.4 cm³/mol. The lowest BCUT2D eigenvalue weighted by atomic mass is 10.1. The molecule has 0 saturated heterocycles. The first-order chi connectivity index (χ1) is 9.09. The Morgan fingerprint density at radius 3 is 2.84 bits per heavy atom. The quantitative estimate of drug-likeness (QED) is 0.819. The fourth-order valence-electron chi connectivity index (χ4n) is 2.38. The number of hydrogen-bond acceptors (Lipinski definition) is 2. The number of aliphatic hydroxyl groups excluding tert-OH is 1. The van der Waals surface area contributed by atoms with Crippen molar-refractivity contribution >= 4 is 21.8 Å². The molecule has 19 heavy (non-hydrogen) atoms. The molecule has 2 unspecified atom stereocenters. The Morgan fingerprint density at radius 1 is 1.32 bits per heavy atom. The number of halogens is 2. The highest BCUT2D eigenvalue weighted by Crippen LogP contribution is 2.22. The van der Waals surface area contributed by atoms with Crippen LogP contribution >= 0.6 is 15.9 Å². The lowest BCUT2D eigenvalue weighted by Gasteiger charge is -2.22. The van der Waals surface area contributed by atoms with E-state index in [4.69, 9.17) is 0 Å². The molecule has 2 rings (SSSR count). The van der Waals surface area contributed by atoms with Crippen LogP contribution in [0.2, 0.25) is 0 Å². The highest BCUT2D eigenvalue weighted by Gasteiger charge is 2.24. The largest absolute Gasteiger partial charge is 0.391 e. The van der Waals surface area contributed by atoms with Crippen molar-refractivity contribution in [3.05, 3.63) is 34.1 Å². The number of rotatable bonds is 2. The Bertz CT molecular complexity index is 467. The zero-order valence-electron chi connectivity index (χ0n) is 10.5. The first-order valence-corrected chi connectivity index (χ1v) is 7.32. The van der Waals surface area contributed by atoms with E-state index < -0.39 is 11.9 Å². The molecule has 5 heteroatoms. The summed E-state index contributed by atoms with van der Waals surface area (Å²) in [7, 11) is 0. The van der Waals surface area contributed by atoms with Gasteiger partial charge >= 0.3 is 0 Å². The minimum absolute atomic E-state index is 0.163. The van der Waals surface area contributed by atoms with Gasteiger partial charge in [-0.3, -0.25) is 4.79 Å². The number of carbonyl (C=O) groups excluding carboxylic acids is 1. The summed E-state index contributed by atoms with van der Waals surface area (Å²) in [5.74, 6) is -0.814. The highest BCUT2D eigenvalue weighted by molar-refractivity contribution is 9.10. The van der Waals surface area contributed by atoms with Crippen LogP contribution in [0.25, 0.3) is 0 Å². The van der Waals surface area contributed by atoms with Crippen molar-refractivity contribution in [2.24, 2.45) is 0 Å². The first kappa shape index (κ1) is 14.5. The number of hydrogen-bond donors (Lipinski definition) is 2. The topological polar surface area (TPSA) is 49.3 Å². The van der Waals surface area contributed by atoms with E-state index in [1.807, 2.05) is 0 Å². The maximum atomic E-state index is 13.4. The molecule has 1 saturated carbocycles. The maximum Gasteiger partial charge on any atom is 0.252 e. The first-order valence-electron chi connectivity index (χ1n) is 6.52. The molecule has 1 aromatic carbocycles. The minimum Gasteiger partial charge on any atom is -0.391 e. The Hall–Kier alpha value is -0.940. The fraction of sp³-hybridized carbons (Fsp3) is 0.500. The molecule has 0 aromatic heterocycles.